The van der Waals surface area contributed by atoms with Crippen molar-refractivity contribution in [1.82, 2.24) is 4.90 Å². The maximum absolute atomic E-state index is 5.47. The van der Waals surface area contributed by atoms with Gasteiger partial charge in [0.05, 0.1) is 26.4 Å². The van der Waals surface area contributed by atoms with Crippen LogP contribution in [0.15, 0.2) is 60.7 Å². The molecule has 0 aromatic heterocycles. The van der Waals surface area contributed by atoms with Gasteiger partial charge in [0, 0.05) is 18.7 Å². The maximum Gasteiger partial charge on any atom is 0.118 e. The quantitative estimate of drug-likeness (QED) is 0.800. The smallest absolute Gasteiger partial charge is 0.118 e. The van der Waals surface area contributed by atoms with Gasteiger partial charge in [0.25, 0.3) is 0 Å². The highest BCUT2D eigenvalue weighted by molar-refractivity contribution is 5.51. The van der Waals surface area contributed by atoms with Crippen molar-refractivity contribution in [3.05, 3.63) is 71.8 Å². The van der Waals surface area contributed by atoms with E-state index in [1.54, 1.807) is 7.11 Å². The number of hydrogen-bond acceptors (Lipinski definition) is 3. The summed E-state index contributed by atoms with van der Waals surface area (Å²) >= 11 is 0. The summed E-state index contributed by atoms with van der Waals surface area (Å²) in [7, 11) is 1.67. The number of morpholine rings is 1. The SMILES string of the molecule is COc1ccc(C#CC(C=Cc2ccccc2)N2CCOCC2)cc1. The molecule has 0 aliphatic carbocycles. The van der Waals surface area contributed by atoms with Gasteiger partial charge in [0.1, 0.15) is 5.75 Å². The Balaban J connectivity index is 1.78. The minimum absolute atomic E-state index is 0.0752. The Labute approximate surface area is 149 Å². The zero-order chi connectivity index (χ0) is 17.3. The van der Waals surface area contributed by atoms with E-state index in [9.17, 15) is 0 Å². The van der Waals surface area contributed by atoms with Crippen LogP contribution in [0, 0.1) is 11.8 Å². The molecule has 0 spiro atoms. The van der Waals surface area contributed by atoms with Crippen molar-refractivity contribution in [3.63, 3.8) is 0 Å². The zero-order valence-corrected chi connectivity index (χ0v) is 14.5. The third-order valence-corrected chi connectivity index (χ3v) is 4.16. The molecule has 3 nitrogen and oxygen atoms in total. The van der Waals surface area contributed by atoms with Crippen molar-refractivity contribution in [1.29, 1.82) is 0 Å². The third-order valence-electron chi connectivity index (χ3n) is 4.16. The van der Waals surface area contributed by atoms with E-state index >= 15 is 0 Å². The molecule has 1 aliphatic rings. The molecular formula is C22H23NO2. The molecule has 3 rings (SSSR count). The summed E-state index contributed by atoms with van der Waals surface area (Å²) < 4.78 is 10.7. The second kappa shape index (κ2) is 9.08. The van der Waals surface area contributed by atoms with Crippen molar-refractivity contribution in [2.45, 2.75) is 6.04 Å². The highest BCUT2D eigenvalue weighted by Gasteiger charge is 2.16. The molecule has 3 heteroatoms. The molecule has 0 amide bonds. The van der Waals surface area contributed by atoms with E-state index < -0.39 is 0 Å². The highest BCUT2D eigenvalue weighted by Crippen LogP contribution is 2.12. The lowest BCUT2D eigenvalue weighted by atomic mass is 10.1. The summed E-state index contributed by atoms with van der Waals surface area (Å²) in [5.41, 5.74) is 2.18. The lowest BCUT2D eigenvalue weighted by molar-refractivity contribution is 0.0344. The van der Waals surface area contributed by atoms with Gasteiger partial charge < -0.3 is 9.47 Å². The van der Waals surface area contributed by atoms with E-state index in [1.807, 2.05) is 42.5 Å². The molecule has 1 atom stereocenters. The number of rotatable bonds is 4. The molecule has 0 N–H and O–H groups in total. The van der Waals surface area contributed by atoms with Crippen LogP contribution in [0.4, 0.5) is 0 Å². The monoisotopic (exact) mass is 333 g/mol. The topological polar surface area (TPSA) is 21.7 Å². The molecule has 0 radical (unpaired) electrons. The van der Waals surface area contributed by atoms with Crippen LogP contribution in [0.25, 0.3) is 6.08 Å². The van der Waals surface area contributed by atoms with Crippen LogP contribution >= 0.6 is 0 Å². The second-order valence-corrected chi connectivity index (χ2v) is 5.86. The third kappa shape index (κ3) is 5.22. The Morgan fingerprint density at radius 1 is 1.04 bits per heavy atom. The Morgan fingerprint density at radius 3 is 2.44 bits per heavy atom. The van der Waals surface area contributed by atoms with Crippen LogP contribution in [0.2, 0.25) is 0 Å². The summed E-state index contributed by atoms with van der Waals surface area (Å²) in [6.07, 6.45) is 4.32. The Kier molecular flexibility index (Phi) is 6.28. The number of benzene rings is 2. The van der Waals surface area contributed by atoms with Crippen LogP contribution < -0.4 is 4.74 Å². The first-order valence-corrected chi connectivity index (χ1v) is 8.56. The Morgan fingerprint density at radius 2 is 1.76 bits per heavy atom. The lowest BCUT2D eigenvalue weighted by Crippen LogP contribution is -2.42. The molecule has 1 fully saturated rings. The van der Waals surface area contributed by atoms with Crippen molar-refractivity contribution in [2.75, 3.05) is 33.4 Å². The van der Waals surface area contributed by atoms with Crippen LogP contribution in [-0.4, -0.2) is 44.4 Å². The Bertz CT molecular complexity index is 735. The molecular weight excluding hydrogens is 310 g/mol. The minimum Gasteiger partial charge on any atom is -0.497 e. The molecule has 1 saturated heterocycles. The van der Waals surface area contributed by atoms with Crippen molar-refractivity contribution >= 4 is 6.08 Å². The standard InChI is InChI=1S/C22H23NO2/c1-24-22-13-9-20(10-14-22)8-12-21(23-15-17-25-18-16-23)11-7-19-5-3-2-4-6-19/h2-7,9-11,13-14,21H,15-18H2,1H3. The molecule has 0 saturated carbocycles. The first kappa shape index (κ1) is 17.3. The van der Waals surface area contributed by atoms with Gasteiger partial charge in [-0.05, 0) is 29.8 Å². The maximum atomic E-state index is 5.47. The van der Waals surface area contributed by atoms with Gasteiger partial charge in [0.15, 0.2) is 0 Å². The molecule has 1 heterocycles. The average molecular weight is 333 g/mol. The molecule has 1 aliphatic heterocycles. The predicted molar refractivity (Wildman–Crippen MR) is 102 cm³/mol. The molecule has 25 heavy (non-hydrogen) atoms. The second-order valence-electron chi connectivity index (χ2n) is 5.86. The van der Waals surface area contributed by atoms with E-state index in [4.69, 9.17) is 9.47 Å². The van der Waals surface area contributed by atoms with Crippen LogP contribution in [-0.2, 0) is 4.74 Å². The van der Waals surface area contributed by atoms with E-state index in [1.165, 1.54) is 5.56 Å². The molecule has 128 valence electrons. The molecule has 2 aromatic rings. The van der Waals surface area contributed by atoms with Crippen LogP contribution in [0.5, 0.6) is 5.75 Å². The van der Waals surface area contributed by atoms with Crippen LogP contribution in [0.1, 0.15) is 11.1 Å². The predicted octanol–water partition coefficient (Wildman–Crippen LogP) is 3.46. The fourth-order valence-electron chi connectivity index (χ4n) is 2.71. The highest BCUT2D eigenvalue weighted by atomic mass is 16.5. The van der Waals surface area contributed by atoms with Gasteiger partial charge in [0.2, 0.25) is 0 Å². The van der Waals surface area contributed by atoms with Gasteiger partial charge in [-0.1, -0.05) is 54.3 Å². The van der Waals surface area contributed by atoms with E-state index in [-0.39, 0.29) is 6.04 Å². The fourth-order valence-corrected chi connectivity index (χ4v) is 2.71. The average Bonchev–Trinajstić information content (AvgIpc) is 2.70. The van der Waals surface area contributed by atoms with E-state index in [2.05, 4.69) is 41.0 Å². The largest absolute Gasteiger partial charge is 0.497 e. The van der Waals surface area contributed by atoms with Gasteiger partial charge in [-0.15, -0.1) is 0 Å². The van der Waals surface area contributed by atoms with Gasteiger partial charge >= 0.3 is 0 Å². The van der Waals surface area contributed by atoms with E-state index in [0.717, 1.165) is 37.6 Å². The van der Waals surface area contributed by atoms with Gasteiger partial charge in [-0.2, -0.15) is 0 Å². The van der Waals surface area contributed by atoms with Crippen molar-refractivity contribution in [3.8, 4) is 17.6 Å². The molecule has 0 bridgehead atoms. The first-order chi connectivity index (χ1) is 12.3. The van der Waals surface area contributed by atoms with Gasteiger partial charge in [-0.3, -0.25) is 4.90 Å². The minimum atomic E-state index is 0.0752. The Hall–Kier alpha value is -2.54. The molecule has 1 unspecified atom stereocenters. The van der Waals surface area contributed by atoms with E-state index in [0.29, 0.717) is 0 Å². The summed E-state index contributed by atoms with van der Waals surface area (Å²) in [4.78, 5) is 2.36. The molecule has 2 aromatic carbocycles. The summed E-state index contributed by atoms with van der Waals surface area (Å²) in [5, 5.41) is 0. The lowest BCUT2D eigenvalue weighted by Gasteiger charge is -2.29. The first-order valence-electron chi connectivity index (χ1n) is 8.56. The van der Waals surface area contributed by atoms with Crippen molar-refractivity contribution < 1.29 is 9.47 Å². The number of methoxy groups -OCH3 is 1. The number of hydrogen-bond donors (Lipinski definition) is 0. The summed E-state index contributed by atoms with van der Waals surface area (Å²) in [6, 6.07) is 18.3. The summed E-state index contributed by atoms with van der Waals surface area (Å²) in [5.74, 6) is 7.54. The zero-order valence-electron chi connectivity index (χ0n) is 14.5. The normalized spacial score (nSPS) is 16.2. The summed E-state index contributed by atoms with van der Waals surface area (Å²) in [6.45, 7) is 3.34. The number of nitrogens with zero attached hydrogens (tertiary/aromatic N) is 1. The number of ether oxygens (including phenoxy) is 2. The fraction of sp³-hybridized carbons (Fsp3) is 0.273. The van der Waals surface area contributed by atoms with Crippen molar-refractivity contribution in [2.24, 2.45) is 0 Å². The van der Waals surface area contributed by atoms with Gasteiger partial charge in [-0.25, -0.2) is 0 Å². The van der Waals surface area contributed by atoms with Crippen LogP contribution in [0.3, 0.4) is 0 Å².